The number of hydrogen-bond acceptors (Lipinski definition) is 3. The van der Waals surface area contributed by atoms with Gasteiger partial charge in [0.25, 0.3) is 5.91 Å². The highest BCUT2D eigenvalue weighted by atomic mass is 16.5. The molecule has 0 spiro atoms. The van der Waals surface area contributed by atoms with Crippen LogP contribution in [-0.2, 0) is 9.53 Å². The Morgan fingerprint density at radius 2 is 1.91 bits per heavy atom. The molecule has 1 amide bonds. The first-order chi connectivity index (χ1) is 11.1. The summed E-state index contributed by atoms with van der Waals surface area (Å²) in [6.07, 6.45) is 2.55. The molecular weight excluding hydrogens is 292 g/mol. The summed E-state index contributed by atoms with van der Waals surface area (Å²) < 4.78 is 5.19. The Morgan fingerprint density at radius 1 is 1.17 bits per heavy atom. The van der Waals surface area contributed by atoms with E-state index in [0.717, 1.165) is 18.4 Å². The number of esters is 1. The summed E-state index contributed by atoms with van der Waals surface area (Å²) in [5.41, 5.74) is 1.38. The third kappa shape index (κ3) is 4.71. The Labute approximate surface area is 136 Å². The Kier molecular flexibility index (Phi) is 5.97. The molecule has 5 heteroatoms. The number of carbonyl (C=O) groups is 2. The molecule has 0 bridgehead atoms. The van der Waals surface area contributed by atoms with Gasteiger partial charge in [0.15, 0.2) is 6.10 Å². The Hall–Kier alpha value is -2.56. The predicted molar refractivity (Wildman–Crippen MR) is 87.9 cm³/mol. The van der Waals surface area contributed by atoms with Gasteiger partial charge in [-0.3, -0.25) is 4.79 Å². The molecule has 2 N–H and O–H groups in total. The minimum Gasteiger partial charge on any atom is -0.448 e. The number of nitrogens with one attached hydrogen (secondary N) is 2. The van der Waals surface area contributed by atoms with E-state index in [1.54, 1.807) is 25.3 Å². The van der Waals surface area contributed by atoms with Crippen LogP contribution in [0.25, 0.3) is 0 Å². The molecule has 1 aromatic heterocycles. The smallest absolute Gasteiger partial charge is 0.355 e. The maximum Gasteiger partial charge on any atom is 0.355 e. The molecule has 5 nitrogen and oxygen atoms in total. The number of aromatic amines is 1. The zero-order valence-electron chi connectivity index (χ0n) is 13.4. The molecule has 1 aromatic carbocycles. The van der Waals surface area contributed by atoms with Gasteiger partial charge in [-0.25, -0.2) is 4.79 Å². The normalized spacial score (nSPS) is 13.1. The molecule has 2 atom stereocenters. The summed E-state index contributed by atoms with van der Waals surface area (Å²) in [5, 5.41) is 2.96. The van der Waals surface area contributed by atoms with Gasteiger partial charge in [0.2, 0.25) is 0 Å². The highest BCUT2D eigenvalue weighted by molar-refractivity contribution is 5.90. The van der Waals surface area contributed by atoms with Crippen LogP contribution in [0.5, 0.6) is 0 Å². The van der Waals surface area contributed by atoms with Crippen molar-refractivity contribution >= 4 is 11.9 Å². The predicted octanol–water partition coefficient (Wildman–Crippen LogP) is 3.22. The molecule has 0 aliphatic rings. The minimum absolute atomic E-state index is 0.0830. The standard InChI is InChI=1S/C18H22N2O3/c1-3-8-15(14-9-5-4-6-10-14)20-17(21)13(2)23-18(22)16-11-7-12-19-16/h4-7,9-13,15,19H,3,8H2,1-2H3,(H,20,21)/t13-,15-/m1/s1. The third-order valence-corrected chi connectivity index (χ3v) is 3.57. The van der Waals surface area contributed by atoms with Crippen molar-refractivity contribution < 1.29 is 14.3 Å². The number of aromatic nitrogens is 1. The second-order valence-corrected chi connectivity index (χ2v) is 5.39. The van der Waals surface area contributed by atoms with E-state index in [2.05, 4.69) is 17.2 Å². The second kappa shape index (κ2) is 8.17. The fourth-order valence-corrected chi connectivity index (χ4v) is 2.32. The number of rotatable bonds is 7. The fourth-order valence-electron chi connectivity index (χ4n) is 2.32. The lowest BCUT2D eigenvalue weighted by atomic mass is 10.0. The van der Waals surface area contributed by atoms with Gasteiger partial charge in [-0.1, -0.05) is 43.7 Å². The number of H-pyrrole nitrogens is 1. The number of benzene rings is 1. The second-order valence-electron chi connectivity index (χ2n) is 5.39. The van der Waals surface area contributed by atoms with Gasteiger partial charge in [0, 0.05) is 6.20 Å². The van der Waals surface area contributed by atoms with Crippen LogP contribution in [0.1, 0.15) is 48.8 Å². The van der Waals surface area contributed by atoms with Gasteiger partial charge in [-0.2, -0.15) is 0 Å². The summed E-state index contributed by atoms with van der Waals surface area (Å²) >= 11 is 0. The average molecular weight is 314 g/mol. The molecule has 0 saturated carbocycles. The zero-order valence-corrected chi connectivity index (χ0v) is 13.4. The molecule has 23 heavy (non-hydrogen) atoms. The van der Waals surface area contributed by atoms with E-state index >= 15 is 0 Å². The Balaban J connectivity index is 1.96. The number of amides is 1. The molecule has 1 heterocycles. The third-order valence-electron chi connectivity index (χ3n) is 3.57. The number of ether oxygens (including phenoxy) is 1. The van der Waals surface area contributed by atoms with Crippen molar-refractivity contribution in [1.29, 1.82) is 0 Å². The molecular formula is C18H22N2O3. The van der Waals surface area contributed by atoms with Crippen LogP contribution in [0.3, 0.4) is 0 Å². The minimum atomic E-state index is -0.853. The van der Waals surface area contributed by atoms with Crippen LogP contribution in [0, 0.1) is 0 Å². The van der Waals surface area contributed by atoms with Gasteiger partial charge in [0.05, 0.1) is 6.04 Å². The maximum absolute atomic E-state index is 12.3. The van der Waals surface area contributed by atoms with Gasteiger partial charge < -0.3 is 15.0 Å². The first-order valence-corrected chi connectivity index (χ1v) is 7.81. The van der Waals surface area contributed by atoms with Crippen molar-refractivity contribution in [2.45, 2.75) is 38.8 Å². The zero-order chi connectivity index (χ0) is 16.7. The van der Waals surface area contributed by atoms with Crippen LogP contribution in [-0.4, -0.2) is 23.0 Å². The van der Waals surface area contributed by atoms with E-state index in [1.165, 1.54) is 0 Å². The van der Waals surface area contributed by atoms with Crippen molar-refractivity contribution in [1.82, 2.24) is 10.3 Å². The average Bonchev–Trinajstić information content (AvgIpc) is 3.09. The fraction of sp³-hybridized carbons (Fsp3) is 0.333. The van der Waals surface area contributed by atoms with Crippen molar-refractivity contribution in [2.75, 3.05) is 0 Å². The largest absolute Gasteiger partial charge is 0.448 e. The van der Waals surface area contributed by atoms with Crippen LogP contribution < -0.4 is 5.32 Å². The SMILES string of the molecule is CCC[C@@H](NC(=O)[C@@H](C)OC(=O)c1ccc[nH]1)c1ccccc1. The quantitative estimate of drug-likeness (QED) is 0.771. The lowest BCUT2D eigenvalue weighted by molar-refractivity contribution is -0.129. The molecule has 0 aliphatic heterocycles. The van der Waals surface area contributed by atoms with Crippen molar-refractivity contribution in [3.8, 4) is 0 Å². The van der Waals surface area contributed by atoms with Crippen molar-refractivity contribution in [3.05, 3.63) is 59.9 Å². The summed E-state index contributed by atoms with van der Waals surface area (Å²) in [6.45, 7) is 3.64. The van der Waals surface area contributed by atoms with E-state index in [-0.39, 0.29) is 11.9 Å². The highest BCUT2D eigenvalue weighted by Gasteiger charge is 2.22. The van der Waals surface area contributed by atoms with Gasteiger partial charge >= 0.3 is 5.97 Å². The molecule has 2 aromatic rings. The molecule has 122 valence electrons. The van der Waals surface area contributed by atoms with Crippen molar-refractivity contribution in [3.63, 3.8) is 0 Å². The molecule has 0 saturated heterocycles. The van der Waals surface area contributed by atoms with Gasteiger partial charge in [-0.05, 0) is 31.0 Å². The topological polar surface area (TPSA) is 71.2 Å². The van der Waals surface area contributed by atoms with Crippen LogP contribution in [0.4, 0.5) is 0 Å². The van der Waals surface area contributed by atoms with E-state index in [0.29, 0.717) is 5.69 Å². The number of hydrogen-bond donors (Lipinski definition) is 2. The molecule has 0 radical (unpaired) electrons. The van der Waals surface area contributed by atoms with Gasteiger partial charge in [0.1, 0.15) is 5.69 Å². The first-order valence-electron chi connectivity index (χ1n) is 7.81. The number of carbonyl (C=O) groups excluding carboxylic acids is 2. The summed E-state index contributed by atoms with van der Waals surface area (Å²) in [6, 6.07) is 13.0. The lowest BCUT2D eigenvalue weighted by Crippen LogP contribution is -2.38. The van der Waals surface area contributed by atoms with Crippen molar-refractivity contribution in [2.24, 2.45) is 0 Å². The Morgan fingerprint density at radius 3 is 2.52 bits per heavy atom. The Bertz CT molecular complexity index is 623. The summed E-state index contributed by atoms with van der Waals surface area (Å²) in [5.74, 6) is -0.836. The summed E-state index contributed by atoms with van der Waals surface area (Å²) in [7, 11) is 0. The monoisotopic (exact) mass is 314 g/mol. The van der Waals surface area contributed by atoms with E-state index in [1.807, 2.05) is 30.3 Å². The first kappa shape index (κ1) is 16.8. The van der Waals surface area contributed by atoms with E-state index < -0.39 is 12.1 Å². The van der Waals surface area contributed by atoms with Crippen LogP contribution in [0.2, 0.25) is 0 Å². The highest BCUT2D eigenvalue weighted by Crippen LogP contribution is 2.18. The van der Waals surface area contributed by atoms with Crippen LogP contribution in [0.15, 0.2) is 48.7 Å². The lowest BCUT2D eigenvalue weighted by Gasteiger charge is -2.21. The molecule has 0 aliphatic carbocycles. The molecule has 2 rings (SSSR count). The van der Waals surface area contributed by atoms with Gasteiger partial charge in [-0.15, -0.1) is 0 Å². The van der Waals surface area contributed by atoms with Crippen LogP contribution >= 0.6 is 0 Å². The molecule has 0 fully saturated rings. The van der Waals surface area contributed by atoms with E-state index in [9.17, 15) is 9.59 Å². The molecule has 0 unspecified atom stereocenters. The van der Waals surface area contributed by atoms with E-state index in [4.69, 9.17) is 4.74 Å². The summed E-state index contributed by atoms with van der Waals surface area (Å²) in [4.78, 5) is 26.9. The maximum atomic E-state index is 12.3.